The second-order valence-corrected chi connectivity index (χ2v) is 10.4. The maximum atomic E-state index is 15.1. The lowest BCUT2D eigenvalue weighted by molar-refractivity contribution is -0.169. The molecule has 7 rings (SSSR count). The Morgan fingerprint density at radius 3 is 2.79 bits per heavy atom. The summed E-state index contributed by atoms with van der Waals surface area (Å²) < 4.78 is 32.2. The summed E-state index contributed by atoms with van der Waals surface area (Å²) in [6.07, 6.45) is 5.04. The highest BCUT2D eigenvalue weighted by molar-refractivity contribution is 5.94. The molecule has 3 fully saturated rings. The summed E-state index contributed by atoms with van der Waals surface area (Å²) in [5.74, 6) is 0.186. The third kappa shape index (κ3) is 4.55. The van der Waals surface area contributed by atoms with Crippen LogP contribution in [0.15, 0.2) is 30.5 Å². The van der Waals surface area contributed by atoms with Crippen LogP contribution in [-0.4, -0.2) is 64.0 Å². The lowest BCUT2D eigenvalue weighted by Gasteiger charge is -2.54. The van der Waals surface area contributed by atoms with Crippen molar-refractivity contribution >= 4 is 22.8 Å². The third-order valence-electron chi connectivity index (χ3n) is 8.08. The number of amides is 1. The highest BCUT2D eigenvalue weighted by Gasteiger charge is 2.50. The zero-order chi connectivity index (χ0) is 26.3. The standard InChI is InChI=1S/C27H30FN5O5/c1-36-22-5-3-19-24(33-22)23(18(28)12-29-19)16(13-34)10-27-8-6-26(7-9-27,15-38-27)30-11-17-2-4-20-25(31-17)32-21(35)14-37-20/h2-5,12,16,30,34H,6-11,13-15H2,1H3,(H,31,32,35). The van der Waals surface area contributed by atoms with E-state index in [1.165, 1.54) is 13.3 Å². The van der Waals surface area contributed by atoms with Gasteiger partial charge in [-0.05, 0) is 50.3 Å². The highest BCUT2D eigenvalue weighted by atomic mass is 19.1. The van der Waals surface area contributed by atoms with E-state index in [1.54, 1.807) is 12.1 Å². The fraction of sp³-hybridized carbons (Fsp3) is 0.481. The number of ether oxygens (including phenoxy) is 3. The number of carbonyl (C=O) groups excluding carboxylic acids is 1. The first-order valence-corrected chi connectivity index (χ1v) is 12.8. The Labute approximate surface area is 218 Å². The first kappa shape index (κ1) is 24.9. The van der Waals surface area contributed by atoms with E-state index in [0.29, 0.717) is 53.6 Å². The molecule has 0 spiro atoms. The van der Waals surface area contributed by atoms with E-state index in [9.17, 15) is 9.90 Å². The van der Waals surface area contributed by atoms with Crippen LogP contribution in [0.25, 0.3) is 11.0 Å². The van der Waals surface area contributed by atoms with Crippen LogP contribution in [0.3, 0.4) is 0 Å². The van der Waals surface area contributed by atoms with Gasteiger partial charge in [0, 0.05) is 29.6 Å². The number of halogens is 1. The van der Waals surface area contributed by atoms with Crippen LogP contribution in [0.2, 0.25) is 0 Å². The van der Waals surface area contributed by atoms with Gasteiger partial charge in [0.15, 0.2) is 18.2 Å². The summed E-state index contributed by atoms with van der Waals surface area (Å²) >= 11 is 0. The number of pyridine rings is 3. The molecule has 3 aromatic heterocycles. The second kappa shape index (κ2) is 9.72. The predicted octanol–water partition coefficient (Wildman–Crippen LogP) is 2.84. The Bertz CT molecular complexity index is 1360. The van der Waals surface area contributed by atoms with E-state index in [2.05, 4.69) is 25.6 Å². The van der Waals surface area contributed by atoms with Crippen molar-refractivity contribution in [1.29, 1.82) is 0 Å². The number of hydrogen-bond acceptors (Lipinski definition) is 9. The Hall–Kier alpha value is -3.41. The summed E-state index contributed by atoms with van der Waals surface area (Å²) in [6.45, 7) is 0.816. The van der Waals surface area contributed by atoms with Crippen molar-refractivity contribution in [1.82, 2.24) is 20.3 Å². The summed E-state index contributed by atoms with van der Waals surface area (Å²) in [4.78, 5) is 24.8. The number of hydrogen-bond donors (Lipinski definition) is 3. The minimum absolute atomic E-state index is 0.000343. The Morgan fingerprint density at radius 2 is 2.05 bits per heavy atom. The van der Waals surface area contributed by atoms with Gasteiger partial charge >= 0.3 is 0 Å². The Kier molecular flexibility index (Phi) is 6.37. The molecule has 3 N–H and O–H groups in total. The van der Waals surface area contributed by atoms with Crippen LogP contribution < -0.4 is 20.1 Å². The van der Waals surface area contributed by atoms with E-state index in [4.69, 9.17) is 14.2 Å². The van der Waals surface area contributed by atoms with E-state index in [-0.39, 0.29) is 24.7 Å². The highest BCUT2D eigenvalue weighted by Crippen LogP contribution is 2.48. The van der Waals surface area contributed by atoms with Gasteiger partial charge in [-0.2, -0.15) is 0 Å². The number of carbonyl (C=O) groups is 1. The number of anilines is 1. The van der Waals surface area contributed by atoms with Crippen molar-refractivity contribution < 1.29 is 28.5 Å². The van der Waals surface area contributed by atoms with Gasteiger partial charge in [0.05, 0.1) is 48.8 Å². The van der Waals surface area contributed by atoms with Gasteiger partial charge in [-0.15, -0.1) is 0 Å². The van der Waals surface area contributed by atoms with Crippen molar-refractivity contribution in [3.63, 3.8) is 0 Å². The minimum Gasteiger partial charge on any atom is -0.481 e. The van der Waals surface area contributed by atoms with Crippen LogP contribution >= 0.6 is 0 Å². The Morgan fingerprint density at radius 1 is 1.21 bits per heavy atom. The number of methoxy groups -OCH3 is 1. The molecule has 1 atom stereocenters. The number of rotatable bonds is 8. The monoisotopic (exact) mass is 523 g/mol. The van der Waals surface area contributed by atoms with Crippen molar-refractivity contribution in [3.8, 4) is 11.6 Å². The van der Waals surface area contributed by atoms with Gasteiger partial charge in [-0.1, -0.05) is 0 Å². The molecular weight excluding hydrogens is 493 g/mol. The van der Waals surface area contributed by atoms with E-state index in [0.717, 1.165) is 31.4 Å². The fourth-order valence-corrected chi connectivity index (χ4v) is 5.89. The first-order valence-electron chi connectivity index (χ1n) is 12.8. The molecule has 2 bridgehead atoms. The number of aliphatic hydroxyl groups is 1. The molecule has 2 saturated heterocycles. The molecule has 1 amide bonds. The molecule has 1 unspecified atom stereocenters. The van der Waals surface area contributed by atoms with E-state index >= 15 is 4.39 Å². The Balaban J connectivity index is 1.15. The average Bonchev–Trinajstić information content (AvgIpc) is 2.95. The lowest BCUT2D eigenvalue weighted by atomic mass is 9.67. The topological polar surface area (TPSA) is 128 Å². The number of aromatic nitrogens is 3. The molecule has 3 aliphatic heterocycles. The van der Waals surface area contributed by atoms with Crippen LogP contribution in [0.4, 0.5) is 10.2 Å². The van der Waals surface area contributed by atoms with Crippen molar-refractivity contribution in [2.75, 3.05) is 32.2 Å². The lowest BCUT2D eigenvalue weighted by Crippen LogP contribution is -2.61. The van der Waals surface area contributed by atoms with Crippen LogP contribution in [0.1, 0.15) is 49.3 Å². The maximum absolute atomic E-state index is 15.1. The zero-order valence-electron chi connectivity index (χ0n) is 21.1. The molecule has 1 saturated carbocycles. The van der Waals surface area contributed by atoms with Gasteiger partial charge in [0.2, 0.25) is 5.88 Å². The van der Waals surface area contributed by atoms with Crippen molar-refractivity contribution in [2.24, 2.45) is 0 Å². The quantitative estimate of drug-likeness (QED) is 0.408. The maximum Gasteiger partial charge on any atom is 0.263 e. The van der Waals surface area contributed by atoms with Gasteiger partial charge in [-0.3, -0.25) is 9.78 Å². The van der Waals surface area contributed by atoms with Crippen molar-refractivity contribution in [2.45, 2.75) is 55.7 Å². The number of fused-ring (bicyclic) bond motifs is 5. The number of nitrogens with one attached hydrogen (secondary N) is 2. The predicted molar refractivity (Wildman–Crippen MR) is 136 cm³/mol. The zero-order valence-corrected chi connectivity index (χ0v) is 21.1. The number of aliphatic hydroxyl groups excluding tert-OH is 1. The average molecular weight is 524 g/mol. The van der Waals surface area contributed by atoms with Gasteiger partial charge < -0.3 is 30.0 Å². The molecule has 200 valence electrons. The molecule has 4 aliphatic rings. The SMILES string of the molecule is COc1ccc2ncc(F)c(C(CO)CC34CCC(NCc5ccc6c(n5)NC(=O)CO6)(CC3)CO4)c2n1. The normalized spacial score (nSPS) is 25.0. The summed E-state index contributed by atoms with van der Waals surface area (Å²) in [5, 5.41) is 16.7. The summed E-state index contributed by atoms with van der Waals surface area (Å²) in [6, 6.07) is 7.14. The third-order valence-corrected chi connectivity index (χ3v) is 8.08. The van der Waals surface area contributed by atoms with E-state index in [1.807, 2.05) is 12.1 Å². The molecule has 0 radical (unpaired) electrons. The molecule has 0 aromatic carbocycles. The summed E-state index contributed by atoms with van der Waals surface area (Å²) in [5.41, 5.74) is 1.48. The molecule has 6 heterocycles. The van der Waals surface area contributed by atoms with Gasteiger partial charge in [-0.25, -0.2) is 14.4 Å². The molecule has 11 heteroatoms. The molecule has 1 aliphatic carbocycles. The summed E-state index contributed by atoms with van der Waals surface area (Å²) in [7, 11) is 1.51. The fourth-order valence-electron chi connectivity index (χ4n) is 5.89. The second-order valence-electron chi connectivity index (χ2n) is 10.4. The first-order chi connectivity index (χ1) is 18.4. The van der Waals surface area contributed by atoms with Crippen LogP contribution in [0.5, 0.6) is 11.6 Å². The van der Waals surface area contributed by atoms with Crippen molar-refractivity contribution in [3.05, 3.63) is 47.5 Å². The smallest absolute Gasteiger partial charge is 0.263 e. The van der Waals surface area contributed by atoms with Crippen LogP contribution in [0, 0.1) is 5.82 Å². The molecule has 10 nitrogen and oxygen atoms in total. The largest absolute Gasteiger partial charge is 0.481 e. The molecule has 38 heavy (non-hydrogen) atoms. The van der Waals surface area contributed by atoms with Gasteiger partial charge in [0.25, 0.3) is 5.91 Å². The molecular formula is C27H30FN5O5. The molecule has 3 aromatic rings. The van der Waals surface area contributed by atoms with E-state index < -0.39 is 17.3 Å². The van der Waals surface area contributed by atoms with Gasteiger partial charge in [0.1, 0.15) is 5.82 Å². The minimum atomic E-state index is -0.490. The number of nitrogens with zero attached hydrogens (tertiary/aromatic N) is 3. The van der Waals surface area contributed by atoms with Crippen LogP contribution in [-0.2, 0) is 16.1 Å².